The van der Waals surface area contributed by atoms with Gasteiger partial charge in [0.1, 0.15) is 32.3 Å². The summed E-state index contributed by atoms with van der Waals surface area (Å²) in [5.74, 6) is -0.508. The van der Waals surface area contributed by atoms with E-state index in [0.29, 0.717) is 6.42 Å². The van der Waals surface area contributed by atoms with Crippen molar-refractivity contribution >= 4 is 58.0 Å². The summed E-state index contributed by atoms with van der Waals surface area (Å²) in [6.07, 6.45) is 12.5. The van der Waals surface area contributed by atoms with Crippen molar-refractivity contribution in [1.29, 1.82) is 0 Å². The molecule has 2 N–H and O–H groups in total. The molecule has 0 fully saturated rings. The third-order valence-corrected chi connectivity index (χ3v) is 9.59. The Morgan fingerprint density at radius 3 is 1.53 bits per heavy atom. The summed E-state index contributed by atoms with van der Waals surface area (Å²) >= 11 is 0. The van der Waals surface area contributed by atoms with Crippen LogP contribution in [0.15, 0.2) is 94.7 Å². The normalized spacial score (nSPS) is 11.2. The zero-order valence-electron chi connectivity index (χ0n) is 29.3. The maximum atomic E-state index is 11.7. The van der Waals surface area contributed by atoms with E-state index >= 15 is 0 Å². The van der Waals surface area contributed by atoms with E-state index < -0.39 is 25.1 Å². The van der Waals surface area contributed by atoms with Gasteiger partial charge in [0.05, 0.1) is 4.90 Å². The van der Waals surface area contributed by atoms with Crippen LogP contribution in [-0.2, 0) is 33.1 Å². The second-order valence-corrected chi connectivity index (χ2v) is 14.7. The summed E-state index contributed by atoms with van der Waals surface area (Å²) in [5.41, 5.74) is 1.60. The Kier molecular flexibility index (Phi) is 19.4. The number of phenolic OH excluding ortho intramolecular Hbond substituents is 1. The first-order valence-corrected chi connectivity index (χ1v) is 19.8. The van der Waals surface area contributed by atoms with Crippen LogP contribution >= 0.6 is 0 Å². The molecular formula is C38H46CaO10S2. The fraction of sp³-hybridized carbons (Fsp3) is 0.368. The monoisotopic (exact) mass is 766 g/mol. The third kappa shape index (κ3) is 15.3. The van der Waals surface area contributed by atoms with Crippen molar-refractivity contribution in [3.63, 3.8) is 0 Å². The molecular weight excluding hydrogens is 721 g/mol. The minimum Gasteiger partial charge on any atom is -0.870 e. The van der Waals surface area contributed by atoms with E-state index in [4.69, 9.17) is 9.47 Å². The first-order chi connectivity index (χ1) is 23.8. The number of phenols is 1. The SMILES string of the molecule is CCCCCCCc1ccc(Oc2ccccc2O)c(S(=O)(=O)O)c1.CCCCCCCc1ccc(Oc2ccccc2[O-])c(S(=O)(=O)[O-])c1.[Ca+2]. The zero-order valence-corrected chi connectivity index (χ0v) is 33.1. The standard InChI is InChI=1S/2C19H24O5S.Ca/c2*1-2-3-4-5-6-9-15-12-13-18(19(14-15)25(21,22)23)24-17-11-8-7-10-16(17)20;/h2*7-8,10-14,20H,2-6,9H2,1H3,(H,21,22,23);/q;;+2/p-2. The van der Waals surface area contributed by atoms with Crippen molar-refractivity contribution in [2.24, 2.45) is 0 Å². The average Bonchev–Trinajstić information content (AvgIpc) is 3.07. The molecule has 4 rings (SSSR count). The number of unbranched alkanes of at least 4 members (excludes halogenated alkanes) is 8. The molecule has 0 bridgehead atoms. The fourth-order valence-corrected chi connectivity index (χ4v) is 6.48. The van der Waals surface area contributed by atoms with E-state index in [1.54, 1.807) is 36.4 Å². The predicted molar refractivity (Wildman–Crippen MR) is 195 cm³/mol. The van der Waals surface area contributed by atoms with Gasteiger partial charge in [0.15, 0.2) is 11.5 Å². The van der Waals surface area contributed by atoms with Gasteiger partial charge in [-0.15, -0.1) is 0 Å². The summed E-state index contributed by atoms with van der Waals surface area (Å²) < 4.78 is 78.6. The van der Waals surface area contributed by atoms with Crippen LogP contribution in [0.2, 0.25) is 0 Å². The Bertz CT molecular complexity index is 1740. The molecule has 4 aromatic rings. The minimum atomic E-state index is -4.71. The van der Waals surface area contributed by atoms with Crippen molar-refractivity contribution in [3.05, 3.63) is 96.1 Å². The number of aromatic hydroxyl groups is 1. The van der Waals surface area contributed by atoms with Crippen molar-refractivity contribution in [1.82, 2.24) is 0 Å². The zero-order chi connectivity index (χ0) is 36.6. The molecule has 0 saturated heterocycles. The Morgan fingerprint density at radius 1 is 0.588 bits per heavy atom. The van der Waals surface area contributed by atoms with E-state index in [1.807, 2.05) is 0 Å². The van der Waals surface area contributed by atoms with Gasteiger partial charge >= 0.3 is 37.7 Å². The molecule has 0 unspecified atom stereocenters. The van der Waals surface area contributed by atoms with Crippen molar-refractivity contribution in [3.8, 4) is 34.5 Å². The third-order valence-electron chi connectivity index (χ3n) is 7.86. The van der Waals surface area contributed by atoms with E-state index in [9.17, 15) is 36.2 Å². The molecule has 4 aromatic carbocycles. The van der Waals surface area contributed by atoms with Gasteiger partial charge in [-0.05, 0) is 79.3 Å². The van der Waals surface area contributed by atoms with E-state index in [0.717, 1.165) is 62.5 Å². The van der Waals surface area contributed by atoms with Crippen LogP contribution in [0.3, 0.4) is 0 Å². The van der Waals surface area contributed by atoms with Crippen LogP contribution < -0.4 is 14.6 Å². The molecule has 0 saturated carbocycles. The first-order valence-electron chi connectivity index (χ1n) is 16.9. The van der Waals surface area contributed by atoms with Gasteiger partial charge in [-0.2, -0.15) is 8.42 Å². The van der Waals surface area contributed by atoms with Crippen molar-refractivity contribution in [2.45, 2.75) is 101 Å². The van der Waals surface area contributed by atoms with Crippen LogP contribution in [0.25, 0.3) is 0 Å². The maximum absolute atomic E-state index is 11.7. The largest absolute Gasteiger partial charge is 2.00 e. The summed E-state index contributed by atoms with van der Waals surface area (Å²) in [5, 5.41) is 21.5. The number of hydrogen-bond donors (Lipinski definition) is 2. The van der Waals surface area contributed by atoms with Gasteiger partial charge in [0, 0.05) is 0 Å². The minimum absolute atomic E-state index is 0. The summed E-state index contributed by atoms with van der Waals surface area (Å²) in [4.78, 5) is -0.719. The Balaban J connectivity index is 0.000000347. The van der Waals surface area contributed by atoms with Gasteiger partial charge in [-0.25, -0.2) is 8.42 Å². The first kappa shape index (κ1) is 44.3. The second kappa shape index (κ2) is 22.3. The molecule has 0 aliphatic carbocycles. The smallest absolute Gasteiger partial charge is 0.870 e. The number of benzene rings is 4. The van der Waals surface area contributed by atoms with Gasteiger partial charge in [-0.1, -0.05) is 113 Å². The molecule has 51 heavy (non-hydrogen) atoms. The number of para-hydroxylation sites is 4. The molecule has 272 valence electrons. The molecule has 0 radical (unpaired) electrons. The van der Waals surface area contributed by atoms with Gasteiger partial charge < -0.3 is 24.2 Å². The van der Waals surface area contributed by atoms with Crippen molar-refractivity contribution in [2.75, 3.05) is 0 Å². The van der Waals surface area contributed by atoms with Crippen LogP contribution in [0, 0.1) is 0 Å². The Labute approximate surface area is 332 Å². The second-order valence-electron chi connectivity index (χ2n) is 11.9. The summed E-state index contributed by atoms with van der Waals surface area (Å²) in [7, 11) is -9.14. The van der Waals surface area contributed by atoms with Crippen molar-refractivity contribution < 1.29 is 45.6 Å². The van der Waals surface area contributed by atoms with Crippen LogP contribution in [-0.4, -0.2) is 68.8 Å². The van der Waals surface area contributed by atoms with Gasteiger partial charge in [0.2, 0.25) is 0 Å². The quantitative estimate of drug-likeness (QED) is 0.0568. The molecule has 0 aromatic heterocycles. The molecule has 0 atom stereocenters. The van der Waals surface area contributed by atoms with E-state index in [2.05, 4.69) is 13.8 Å². The molecule has 13 heteroatoms. The predicted octanol–water partition coefficient (Wildman–Crippen LogP) is 8.53. The number of rotatable bonds is 18. The Hall–Kier alpha value is -2.84. The van der Waals surface area contributed by atoms with Crippen LogP contribution in [0.5, 0.6) is 34.5 Å². The topological polar surface area (TPSA) is 173 Å². The maximum Gasteiger partial charge on any atom is 2.00 e. The summed E-state index contributed by atoms with van der Waals surface area (Å²) in [6.45, 7) is 4.30. The fourth-order valence-electron chi connectivity index (χ4n) is 5.16. The van der Waals surface area contributed by atoms with Gasteiger partial charge in [-0.3, -0.25) is 4.55 Å². The molecule has 0 amide bonds. The van der Waals surface area contributed by atoms with E-state index in [1.165, 1.54) is 67.8 Å². The average molecular weight is 767 g/mol. The molecule has 0 spiro atoms. The van der Waals surface area contributed by atoms with Crippen LogP contribution in [0.1, 0.15) is 89.2 Å². The van der Waals surface area contributed by atoms with Crippen LogP contribution in [0.4, 0.5) is 0 Å². The number of hydrogen-bond acceptors (Lipinski definition) is 9. The number of ether oxygens (including phenoxy) is 2. The Morgan fingerprint density at radius 2 is 1.04 bits per heavy atom. The summed E-state index contributed by atoms with van der Waals surface area (Å²) in [6, 6.07) is 21.4. The molecule has 0 heterocycles. The van der Waals surface area contributed by atoms with Gasteiger partial charge in [0.25, 0.3) is 10.1 Å². The number of aryl methyl sites for hydroxylation is 2. The molecule has 0 aliphatic heterocycles. The molecule has 0 aliphatic rings. The molecule has 10 nitrogen and oxygen atoms in total. The van der Waals surface area contributed by atoms with E-state index in [-0.39, 0.29) is 77.1 Å².